The van der Waals surface area contributed by atoms with Crippen LogP contribution in [0.25, 0.3) is 0 Å². The van der Waals surface area contributed by atoms with Gasteiger partial charge in [0.2, 0.25) is 5.91 Å². The quantitative estimate of drug-likeness (QED) is 0.352. The number of amides is 1. The second-order valence-electron chi connectivity index (χ2n) is 10.4. The predicted octanol–water partition coefficient (Wildman–Crippen LogP) is 6.30. The summed E-state index contributed by atoms with van der Waals surface area (Å²) in [5.41, 5.74) is 4.08. The Morgan fingerprint density at radius 3 is 2.32 bits per heavy atom. The summed E-state index contributed by atoms with van der Waals surface area (Å²) < 4.78 is 5.98. The van der Waals surface area contributed by atoms with Crippen molar-refractivity contribution in [2.24, 2.45) is 0 Å². The van der Waals surface area contributed by atoms with Crippen molar-refractivity contribution in [1.82, 2.24) is 5.32 Å². The lowest BCUT2D eigenvalue weighted by Gasteiger charge is -2.27. The molecule has 1 heterocycles. The van der Waals surface area contributed by atoms with Crippen LogP contribution >= 0.6 is 0 Å². The first-order valence-electron chi connectivity index (χ1n) is 13.8. The molecule has 0 bridgehead atoms. The van der Waals surface area contributed by atoms with E-state index in [-0.39, 0.29) is 29.9 Å². The maximum absolute atomic E-state index is 13.7. The Morgan fingerprint density at radius 2 is 1.63 bits per heavy atom. The van der Waals surface area contributed by atoms with Gasteiger partial charge in [-0.05, 0) is 67.0 Å². The fraction of sp³-hybridized carbons (Fsp3) is 0.375. The van der Waals surface area contributed by atoms with Gasteiger partial charge in [0.1, 0.15) is 17.9 Å². The molecule has 0 aromatic heterocycles. The van der Waals surface area contributed by atoms with Gasteiger partial charge in [0.15, 0.2) is 0 Å². The Balaban J connectivity index is 1.41. The van der Waals surface area contributed by atoms with E-state index in [0.717, 1.165) is 30.5 Å². The van der Waals surface area contributed by atoms with Crippen LogP contribution in [0.1, 0.15) is 77.9 Å². The number of nitrogens with zero attached hydrogens (tertiary/aromatic N) is 1. The number of carbonyl (C=O) groups is 2. The molecule has 0 spiro atoms. The number of carbonyl (C=O) groups excluding carboxylic acids is 1. The summed E-state index contributed by atoms with van der Waals surface area (Å²) in [5.74, 6) is -0.182. The lowest BCUT2D eigenvalue weighted by Crippen LogP contribution is -2.43. The molecule has 1 atom stereocenters. The van der Waals surface area contributed by atoms with Crippen molar-refractivity contribution in [2.75, 3.05) is 11.4 Å². The van der Waals surface area contributed by atoms with Crippen LogP contribution in [0.2, 0.25) is 0 Å². The molecular weight excluding hydrogens is 476 g/mol. The van der Waals surface area contributed by atoms with Crippen molar-refractivity contribution in [3.05, 3.63) is 95.1 Å². The molecule has 5 rings (SSSR count). The van der Waals surface area contributed by atoms with Crippen LogP contribution in [0.4, 0.5) is 5.69 Å². The molecule has 1 unspecified atom stereocenters. The minimum absolute atomic E-state index is 0.00376. The van der Waals surface area contributed by atoms with Gasteiger partial charge in [0.05, 0.1) is 12.6 Å². The highest BCUT2D eigenvalue weighted by Gasteiger charge is 2.29. The number of carboxylic acid groups (broad SMARTS) is 1. The van der Waals surface area contributed by atoms with Crippen LogP contribution in [0.3, 0.4) is 0 Å². The fourth-order valence-electron chi connectivity index (χ4n) is 5.60. The van der Waals surface area contributed by atoms with Crippen molar-refractivity contribution in [3.63, 3.8) is 0 Å². The van der Waals surface area contributed by atoms with E-state index in [0.29, 0.717) is 18.2 Å². The van der Waals surface area contributed by atoms with Crippen molar-refractivity contribution in [2.45, 2.75) is 70.1 Å². The Hall–Kier alpha value is -3.64. The van der Waals surface area contributed by atoms with E-state index in [1.54, 1.807) is 17.0 Å². The molecule has 2 fully saturated rings. The largest absolute Gasteiger partial charge is 0.488 e. The van der Waals surface area contributed by atoms with Gasteiger partial charge in [0, 0.05) is 11.8 Å². The highest BCUT2D eigenvalue weighted by Crippen LogP contribution is 2.33. The molecule has 6 heteroatoms. The Bertz CT molecular complexity index is 1230. The van der Waals surface area contributed by atoms with Gasteiger partial charge in [-0.2, -0.15) is 0 Å². The summed E-state index contributed by atoms with van der Waals surface area (Å²) in [6.07, 6.45) is 8.18. The molecule has 198 valence electrons. The molecule has 1 aliphatic carbocycles. The second kappa shape index (κ2) is 12.3. The molecule has 6 nitrogen and oxygen atoms in total. The number of rotatable bonds is 9. The third-order valence-electron chi connectivity index (χ3n) is 7.77. The molecule has 38 heavy (non-hydrogen) atoms. The molecule has 3 aromatic rings. The standard InChI is InChI=1S/C32H36N2O4/c35-31(29-12-7-19-33-29)34(21-23-13-15-26(16-14-23)25-10-5-2-6-11-25)27-17-18-28(32(36)37)30(20-27)38-22-24-8-3-1-4-9-24/h1,3-4,8-9,13-18,20,25,29,33H,2,5-7,10-12,19,21-22H2,(H,36,37). The zero-order valence-electron chi connectivity index (χ0n) is 21.8. The van der Waals surface area contributed by atoms with Crippen LogP contribution in [-0.4, -0.2) is 29.6 Å². The topological polar surface area (TPSA) is 78.9 Å². The van der Waals surface area contributed by atoms with Crippen LogP contribution in [0.5, 0.6) is 5.75 Å². The minimum atomic E-state index is -1.06. The number of carboxylic acids is 1. The summed E-state index contributed by atoms with van der Waals surface area (Å²) in [7, 11) is 0. The molecule has 1 aliphatic heterocycles. The van der Waals surface area contributed by atoms with Gasteiger partial charge in [-0.3, -0.25) is 4.79 Å². The van der Waals surface area contributed by atoms with Crippen LogP contribution in [-0.2, 0) is 17.9 Å². The molecule has 3 aromatic carbocycles. The van der Waals surface area contributed by atoms with Crippen LogP contribution < -0.4 is 15.0 Å². The number of hydrogen-bond donors (Lipinski definition) is 2. The predicted molar refractivity (Wildman–Crippen MR) is 149 cm³/mol. The molecule has 2 aliphatic rings. The number of ether oxygens (including phenoxy) is 1. The number of aromatic carboxylic acids is 1. The SMILES string of the molecule is O=C(O)c1ccc(N(Cc2ccc(C3CCCCC3)cc2)C(=O)C2CCCN2)cc1OCc1ccccc1. The summed E-state index contributed by atoms with van der Waals surface area (Å²) >= 11 is 0. The van der Waals surface area contributed by atoms with Crippen molar-refractivity contribution in [3.8, 4) is 5.75 Å². The zero-order valence-corrected chi connectivity index (χ0v) is 21.8. The lowest BCUT2D eigenvalue weighted by molar-refractivity contribution is -0.120. The molecule has 1 saturated carbocycles. The highest BCUT2D eigenvalue weighted by atomic mass is 16.5. The third-order valence-corrected chi connectivity index (χ3v) is 7.77. The lowest BCUT2D eigenvalue weighted by atomic mass is 9.84. The maximum Gasteiger partial charge on any atom is 0.339 e. The number of anilines is 1. The normalized spacial score (nSPS) is 17.7. The monoisotopic (exact) mass is 512 g/mol. The first-order valence-corrected chi connectivity index (χ1v) is 13.8. The van der Waals surface area contributed by atoms with Gasteiger partial charge in [-0.25, -0.2) is 4.79 Å². The maximum atomic E-state index is 13.7. The van der Waals surface area contributed by atoms with E-state index in [1.165, 1.54) is 43.7 Å². The third kappa shape index (κ3) is 6.25. The van der Waals surface area contributed by atoms with Gasteiger partial charge >= 0.3 is 5.97 Å². The second-order valence-corrected chi connectivity index (χ2v) is 10.4. The highest BCUT2D eigenvalue weighted by molar-refractivity contribution is 5.98. The van der Waals surface area contributed by atoms with Gasteiger partial charge in [-0.15, -0.1) is 0 Å². The summed E-state index contributed by atoms with van der Waals surface area (Å²) in [5, 5.41) is 13.1. The van der Waals surface area contributed by atoms with E-state index < -0.39 is 5.97 Å². The summed E-state index contributed by atoms with van der Waals surface area (Å²) in [6.45, 7) is 1.47. The molecule has 2 N–H and O–H groups in total. The average molecular weight is 513 g/mol. The van der Waals surface area contributed by atoms with E-state index in [4.69, 9.17) is 4.74 Å². The Labute approximate surface area is 224 Å². The van der Waals surface area contributed by atoms with Gasteiger partial charge < -0.3 is 20.1 Å². The van der Waals surface area contributed by atoms with E-state index in [2.05, 4.69) is 29.6 Å². The smallest absolute Gasteiger partial charge is 0.339 e. The Kier molecular flexibility index (Phi) is 8.39. The van der Waals surface area contributed by atoms with Gasteiger partial charge in [-0.1, -0.05) is 73.9 Å². The minimum Gasteiger partial charge on any atom is -0.488 e. The van der Waals surface area contributed by atoms with Crippen molar-refractivity contribution in [1.29, 1.82) is 0 Å². The number of hydrogen-bond acceptors (Lipinski definition) is 4. The fourth-order valence-corrected chi connectivity index (χ4v) is 5.60. The summed E-state index contributed by atoms with van der Waals surface area (Å²) in [6, 6.07) is 23.0. The zero-order chi connectivity index (χ0) is 26.3. The van der Waals surface area contributed by atoms with Crippen molar-refractivity contribution < 1.29 is 19.4 Å². The summed E-state index contributed by atoms with van der Waals surface area (Å²) in [4.78, 5) is 27.4. The van der Waals surface area contributed by atoms with Crippen LogP contribution in [0, 0.1) is 0 Å². The van der Waals surface area contributed by atoms with Gasteiger partial charge in [0.25, 0.3) is 0 Å². The molecule has 1 saturated heterocycles. The van der Waals surface area contributed by atoms with E-state index in [1.807, 2.05) is 30.3 Å². The number of nitrogens with one attached hydrogen (secondary N) is 1. The molecule has 0 radical (unpaired) electrons. The van der Waals surface area contributed by atoms with Crippen molar-refractivity contribution >= 4 is 17.6 Å². The van der Waals surface area contributed by atoms with E-state index in [9.17, 15) is 14.7 Å². The number of benzene rings is 3. The first kappa shape index (κ1) is 26.0. The Morgan fingerprint density at radius 1 is 0.868 bits per heavy atom. The van der Waals surface area contributed by atoms with E-state index >= 15 is 0 Å². The molecule has 1 amide bonds. The average Bonchev–Trinajstić information content (AvgIpc) is 3.51. The first-order chi connectivity index (χ1) is 18.6. The van der Waals surface area contributed by atoms with Crippen LogP contribution in [0.15, 0.2) is 72.8 Å². The molecular formula is C32H36N2O4.